The van der Waals surface area contributed by atoms with Crippen LogP contribution >= 0.6 is 12.4 Å². The molecule has 1 unspecified atom stereocenters. The van der Waals surface area contributed by atoms with Crippen LogP contribution in [0.4, 0.5) is 0 Å². The number of benzene rings is 1. The Morgan fingerprint density at radius 3 is 2.50 bits per heavy atom. The van der Waals surface area contributed by atoms with Crippen LogP contribution in [0.5, 0.6) is 0 Å². The van der Waals surface area contributed by atoms with Crippen molar-refractivity contribution in [1.29, 1.82) is 0 Å². The van der Waals surface area contributed by atoms with Crippen LogP contribution in [0.25, 0.3) is 0 Å². The molecule has 1 aliphatic heterocycles. The van der Waals surface area contributed by atoms with Crippen LogP contribution in [0, 0.1) is 0 Å². The quantitative estimate of drug-likeness (QED) is 0.905. The molecule has 1 aromatic rings. The topological polar surface area (TPSA) is 32.3 Å². The lowest BCUT2D eigenvalue weighted by atomic mass is 10.1. The zero-order valence-corrected chi connectivity index (χ0v) is 13.0. The van der Waals surface area contributed by atoms with Crippen LogP contribution in [-0.2, 0) is 4.79 Å². The summed E-state index contributed by atoms with van der Waals surface area (Å²) >= 11 is 0. The van der Waals surface area contributed by atoms with E-state index in [1.165, 1.54) is 19.3 Å². The van der Waals surface area contributed by atoms with E-state index < -0.39 is 0 Å². The Morgan fingerprint density at radius 1 is 1.20 bits per heavy atom. The van der Waals surface area contributed by atoms with Crippen LogP contribution in [0.15, 0.2) is 30.3 Å². The first-order chi connectivity index (χ1) is 9.25. The summed E-state index contributed by atoms with van der Waals surface area (Å²) in [5.74, 6) is 0.155. The van der Waals surface area contributed by atoms with Gasteiger partial charge in [0.05, 0.1) is 6.04 Å². The van der Waals surface area contributed by atoms with Gasteiger partial charge in [0.25, 0.3) is 0 Å². The van der Waals surface area contributed by atoms with Crippen molar-refractivity contribution in [2.75, 3.05) is 19.6 Å². The second kappa shape index (κ2) is 8.98. The Morgan fingerprint density at radius 2 is 1.85 bits per heavy atom. The summed E-state index contributed by atoms with van der Waals surface area (Å²) in [5, 5.41) is 3.07. The van der Waals surface area contributed by atoms with Crippen molar-refractivity contribution in [3.8, 4) is 0 Å². The highest BCUT2D eigenvalue weighted by atomic mass is 35.5. The normalized spacial score (nSPS) is 17.1. The highest BCUT2D eigenvalue weighted by molar-refractivity contribution is 5.85. The van der Waals surface area contributed by atoms with Crippen molar-refractivity contribution in [2.24, 2.45) is 0 Å². The van der Waals surface area contributed by atoms with E-state index in [9.17, 15) is 4.79 Å². The van der Waals surface area contributed by atoms with Crippen LogP contribution in [0.3, 0.4) is 0 Å². The number of piperidine rings is 1. The molecule has 0 spiro atoms. The molecule has 0 aliphatic carbocycles. The molecule has 1 aliphatic rings. The lowest BCUT2D eigenvalue weighted by molar-refractivity contribution is -0.122. The minimum absolute atomic E-state index is 0. The fourth-order valence-corrected chi connectivity index (χ4v) is 2.58. The van der Waals surface area contributed by atoms with Gasteiger partial charge in [-0.1, -0.05) is 36.8 Å². The molecule has 1 saturated heterocycles. The standard InChI is InChI=1S/C16H24N2O.ClH/c1-14(15-8-4-2-5-9-15)17-16(19)10-13-18-11-6-3-7-12-18;/h2,4-5,8-9,14H,3,6-7,10-13H2,1H3,(H,17,19);1H. The van der Waals surface area contributed by atoms with Gasteiger partial charge in [-0.15, -0.1) is 12.4 Å². The van der Waals surface area contributed by atoms with Gasteiger partial charge in [-0.2, -0.15) is 0 Å². The molecule has 1 atom stereocenters. The molecule has 0 radical (unpaired) electrons. The minimum atomic E-state index is 0. The van der Waals surface area contributed by atoms with Crippen LogP contribution < -0.4 is 5.32 Å². The smallest absolute Gasteiger partial charge is 0.221 e. The van der Waals surface area contributed by atoms with Crippen molar-refractivity contribution in [2.45, 2.75) is 38.6 Å². The lowest BCUT2D eigenvalue weighted by Crippen LogP contribution is -2.34. The highest BCUT2D eigenvalue weighted by Gasteiger charge is 2.13. The lowest BCUT2D eigenvalue weighted by Gasteiger charge is -2.26. The summed E-state index contributed by atoms with van der Waals surface area (Å²) in [6.45, 7) is 5.24. The van der Waals surface area contributed by atoms with Gasteiger partial charge in [0.1, 0.15) is 0 Å². The molecule has 20 heavy (non-hydrogen) atoms. The number of rotatable bonds is 5. The number of amides is 1. The summed E-state index contributed by atoms with van der Waals surface area (Å²) in [4.78, 5) is 14.3. The van der Waals surface area contributed by atoms with Gasteiger partial charge < -0.3 is 10.2 Å². The minimum Gasteiger partial charge on any atom is -0.350 e. The maximum atomic E-state index is 11.9. The van der Waals surface area contributed by atoms with Crippen LogP contribution in [-0.4, -0.2) is 30.4 Å². The molecule has 0 saturated carbocycles. The molecular formula is C16H25ClN2O. The van der Waals surface area contributed by atoms with Gasteiger partial charge in [0, 0.05) is 13.0 Å². The largest absolute Gasteiger partial charge is 0.350 e. The Hall–Kier alpha value is -1.06. The van der Waals surface area contributed by atoms with Crippen molar-refractivity contribution in [3.05, 3.63) is 35.9 Å². The summed E-state index contributed by atoms with van der Waals surface area (Å²) < 4.78 is 0. The van der Waals surface area contributed by atoms with Crippen molar-refractivity contribution in [3.63, 3.8) is 0 Å². The molecule has 1 aromatic carbocycles. The molecule has 1 fully saturated rings. The maximum absolute atomic E-state index is 11.9. The second-order valence-corrected chi connectivity index (χ2v) is 5.35. The van der Waals surface area contributed by atoms with E-state index in [4.69, 9.17) is 0 Å². The SMILES string of the molecule is CC(NC(=O)CCN1CCCCC1)c1ccccc1.Cl. The van der Waals surface area contributed by atoms with Crippen LogP contribution in [0.1, 0.15) is 44.2 Å². The molecule has 1 amide bonds. The monoisotopic (exact) mass is 296 g/mol. The number of carbonyl (C=O) groups is 1. The molecule has 1 N–H and O–H groups in total. The molecule has 0 aromatic heterocycles. The fraction of sp³-hybridized carbons (Fsp3) is 0.562. The Balaban J connectivity index is 0.00000200. The Labute approximate surface area is 128 Å². The molecule has 0 bridgehead atoms. The van der Waals surface area contributed by atoms with Gasteiger partial charge >= 0.3 is 0 Å². The second-order valence-electron chi connectivity index (χ2n) is 5.35. The van der Waals surface area contributed by atoms with E-state index in [2.05, 4.69) is 22.3 Å². The number of halogens is 1. The number of hydrogen-bond donors (Lipinski definition) is 1. The molecule has 3 nitrogen and oxygen atoms in total. The number of carbonyl (C=O) groups excluding carboxylic acids is 1. The van der Waals surface area contributed by atoms with Crippen molar-refractivity contribution in [1.82, 2.24) is 10.2 Å². The van der Waals surface area contributed by atoms with Crippen LogP contribution in [0.2, 0.25) is 0 Å². The molecule has 1 heterocycles. The zero-order chi connectivity index (χ0) is 13.5. The number of nitrogens with zero attached hydrogens (tertiary/aromatic N) is 1. The third-order valence-electron chi connectivity index (χ3n) is 3.78. The van der Waals surface area contributed by atoms with E-state index in [0.717, 1.165) is 25.2 Å². The van der Waals surface area contributed by atoms with E-state index in [-0.39, 0.29) is 24.4 Å². The summed E-state index contributed by atoms with van der Waals surface area (Å²) in [6, 6.07) is 10.2. The first kappa shape index (κ1) is 17.0. The van der Waals surface area contributed by atoms with Gasteiger partial charge in [0.15, 0.2) is 0 Å². The maximum Gasteiger partial charge on any atom is 0.221 e. The fourth-order valence-electron chi connectivity index (χ4n) is 2.58. The van der Waals surface area contributed by atoms with E-state index in [1.807, 2.05) is 25.1 Å². The summed E-state index contributed by atoms with van der Waals surface area (Å²) in [7, 11) is 0. The summed E-state index contributed by atoms with van der Waals surface area (Å²) in [6.07, 6.45) is 4.51. The van der Waals surface area contributed by atoms with Gasteiger partial charge in [-0.3, -0.25) is 4.79 Å². The Bertz CT molecular complexity index is 391. The average molecular weight is 297 g/mol. The predicted molar refractivity (Wildman–Crippen MR) is 85.2 cm³/mol. The van der Waals surface area contributed by atoms with Crippen molar-refractivity contribution < 1.29 is 4.79 Å². The van der Waals surface area contributed by atoms with Gasteiger partial charge in [0.2, 0.25) is 5.91 Å². The molecule has 4 heteroatoms. The Kier molecular flexibility index (Phi) is 7.63. The van der Waals surface area contributed by atoms with E-state index in [1.54, 1.807) is 0 Å². The van der Waals surface area contributed by atoms with Gasteiger partial charge in [-0.05, 0) is 38.4 Å². The third-order valence-corrected chi connectivity index (χ3v) is 3.78. The third kappa shape index (κ3) is 5.51. The summed E-state index contributed by atoms with van der Waals surface area (Å²) in [5.41, 5.74) is 1.16. The number of likely N-dealkylation sites (tertiary alicyclic amines) is 1. The number of hydrogen-bond acceptors (Lipinski definition) is 2. The first-order valence-electron chi connectivity index (χ1n) is 7.32. The van der Waals surface area contributed by atoms with E-state index >= 15 is 0 Å². The first-order valence-corrected chi connectivity index (χ1v) is 7.32. The number of nitrogens with one attached hydrogen (secondary N) is 1. The van der Waals surface area contributed by atoms with Crippen molar-refractivity contribution >= 4 is 18.3 Å². The zero-order valence-electron chi connectivity index (χ0n) is 12.2. The molecule has 112 valence electrons. The molecule has 2 rings (SSSR count). The average Bonchev–Trinajstić information content (AvgIpc) is 2.47. The molecular weight excluding hydrogens is 272 g/mol. The highest BCUT2D eigenvalue weighted by Crippen LogP contribution is 2.12. The predicted octanol–water partition coefficient (Wildman–Crippen LogP) is 3.16. The van der Waals surface area contributed by atoms with Gasteiger partial charge in [-0.25, -0.2) is 0 Å². The van der Waals surface area contributed by atoms with E-state index in [0.29, 0.717) is 6.42 Å².